The fourth-order valence-corrected chi connectivity index (χ4v) is 2.73. The Hall–Kier alpha value is -0.610. The summed E-state index contributed by atoms with van der Waals surface area (Å²) >= 11 is 3.47. The van der Waals surface area contributed by atoms with E-state index in [2.05, 4.69) is 26.2 Å². The van der Waals surface area contributed by atoms with Crippen molar-refractivity contribution in [3.05, 3.63) is 22.3 Å². The third kappa shape index (κ3) is 2.74. The largest absolute Gasteiger partial charge is 0.388 e. The number of hydrogen-bond acceptors (Lipinski definition) is 3. The van der Waals surface area contributed by atoms with Crippen molar-refractivity contribution in [2.45, 2.75) is 38.2 Å². The number of aliphatic hydroxyl groups is 1. The highest BCUT2D eigenvalue weighted by atomic mass is 79.9. The van der Waals surface area contributed by atoms with E-state index in [1.807, 2.05) is 19.2 Å². The molecule has 4 heteroatoms. The zero-order valence-corrected chi connectivity index (χ0v) is 11.0. The summed E-state index contributed by atoms with van der Waals surface area (Å²) in [5.74, 6) is 0.811. The van der Waals surface area contributed by atoms with Crippen LogP contribution < -0.4 is 5.32 Å². The van der Waals surface area contributed by atoms with Crippen LogP contribution in [0.1, 0.15) is 31.2 Å². The molecule has 1 aromatic heterocycles. The average Bonchev–Trinajstić information content (AvgIpc) is 2.64. The van der Waals surface area contributed by atoms with E-state index in [-0.39, 0.29) is 0 Å². The maximum absolute atomic E-state index is 10.2. The molecule has 1 fully saturated rings. The Labute approximate surface area is 104 Å². The number of halogens is 1. The molecule has 0 spiro atoms. The summed E-state index contributed by atoms with van der Waals surface area (Å²) in [6.07, 6.45) is 5.86. The van der Waals surface area contributed by atoms with Gasteiger partial charge in [-0.3, -0.25) is 0 Å². The molecule has 0 bridgehead atoms. The van der Waals surface area contributed by atoms with Gasteiger partial charge in [0.1, 0.15) is 5.82 Å². The summed E-state index contributed by atoms with van der Waals surface area (Å²) in [6, 6.07) is 2.02. The lowest BCUT2D eigenvalue weighted by Crippen LogP contribution is -2.33. The van der Waals surface area contributed by atoms with Crippen LogP contribution in [0.2, 0.25) is 0 Å². The first-order valence-electron chi connectivity index (χ1n) is 5.67. The van der Waals surface area contributed by atoms with Crippen LogP contribution >= 0.6 is 15.9 Å². The zero-order chi connectivity index (χ0) is 11.6. The first kappa shape index (κ1) is 11.9. The Balaban J connectivity index is 1.99. The molecule has 2 N–H and O–H groups in total. The van der Waals surface area contributed by atoms with Crippen LogP contribution in [0.5, 0.6) is 0 Å². The minimum absolute atomic E-state index is 0.536. The van der Waals surface area contributed by atoms with Crippen molar-refractivity contribution in [1.82, 2.24) is 4.98 Å². The Bertz CT molecular complexity index is 375. The summed E-state index contributed by atoms with van der Waals surface area (Å²) in [6.45, 7) is 2.59. The molecule has 1 heterocycles. The molecular weight excluding hydrogens is 268 g/mol. The van der Waals surface area contributed by atoms with E-state index in [1.54, 1.807) is 0 Å². The summed E-state index contributed by atoms with van der Waals surface area (Å²) in [4.78, 5) is 4.30. The van der Waals surface area contributed by atoms with Crippen molar-refractivity contribution in [3.8, 4) is 0 Å². The molecule has 88 valence electrons. The fourth-order valence-electron chi connectivity index (χ4n) is 2.12. The van der Waals surface area contributed by atoms with E-state index in [0.29, 0.717) is 6.54 Å². The first-order valence-corrected chi connectivity index (χ1v) is 6.47. The lowest BCUT2D eigenvalue weighted by atomic mass is 10.0. The van der Waals surface area contributed by atoms with Crippen molar-refractivity contribution >= 4 is 21.7 Å². The maximum atomic E-state index is 10.2. The second-order valence-electron chi connectivity index (χ2n) is 4.63. The highest BCUT2D eigenvalue weighted by Gasteiger charge is 2.30. The van der Waals surface area contributed by atoms with E-state index in [4.69, 9.17) is 0 Å². The van der Waals surface area contributed by atoms with Crippen molar-refractivity contribution in [2.75, 3.05) is 11.9 Å². The standard InChI is InChI=1S/C12H17BrN2O/c1-9-6-10(13)11(14-7-9)15-8-12(16)4-2-3-5-12/h6-7,16H,2-5,8H2,1H3,(H,14,15). The number of aromatic nitrogens is 1. The number of pyridine rings is 1. The molecule has 0 unspecified atom stereocenters. The molecular formula is C12H17BrN2O. The van der Waals surface area contributed by atoms with Crippen molar-refractivity contribution < 1.29 is 5.11 Å². The van der Waals surface area contributed by atoms with Gasteiger partial charge in [0.2, 0.25) is 0 Å². The molecule has 0 aromatic carbocycles. The lowest BCUT2D eigenvalue weighted by Gasteiger charge is -2.23. The van der Waals surface area contributed by atoms with Crippen molar-refractivity contribution in [3.63, 3.8) is 0 Å². The van der Waals surface area contributed by atoms with E-state index in [9.17, 15) is 5.11 Å². The number of aryl methyl sites for hydroxylation is 1. The van der Waals surface area contributed by atoms with Crippen LogP contribution in [0.25, 0.3) is 0 Å². The summed E-state index contributed by atoms with van der Waals surface area (Å²) in [7, 11) is 0. The minimum atomic E-state index is -0.536. The van der Waals surface area contributed by atoms with Crippen LogP contribution in [0.15, 0.2) is 16.7 Å². The molecule has 0 aliphatic heterocycles. The number of nitrogens with one attached hydrogen (secondary N) is 1. The highest BCUT2D eigenvalue weighted by Crippen LogP contribution is 2.30. The van der Waals surface area contributed by atoms with Gasteiger partial charge in [-0.25, -0.2) is 4.98 Å². The number of nitrogens with zero attached hydrogens (tertiary/aromatic N) is 1. The van der Waals surface area contributed by atoms with Gasteiger partial charge >= 0.3 is 0 Å². The van der Waals surface area contributed by atoms with Crippen molar-refractivity contribution in [2.24, 2.45) is 0 Å². The normalized spacial score (nSPS) is 18.7. The summed E-state index contributed by atoms with van der Waals surface area (Å²) in [5.41, 5.74) is 0.587. The monoisotopic (exact) mass is 284 g/mol. The highest BCUT2D eigenvalue weighted by molar-refractivity contribution is 9.10. The van der Waals surface area contributed by atoms with Gasteiger partial charge in [0, 0.05) is 12.7 Å². The van der Waals surface area contributed by atoms with E-state index >= 15 is 0 Å². The third-order valence-corrected chi connectivity index (χ3v) is 3.70. The Morgan fingerprint density at radius 2 is 2.19 bits per heavy atom. The predicted octanol–water partition coefficient (Wildman–Crippen LogP) is 2.87. The molecule has 0 atom stereocenters. The molecule has 1 aliphatic carbocycles. The van der Waals surface area contributed by atoms with Gasteiger partial charge in [-0.1, -0.05) is 12.8 Å². The third-order valence-electron chi connectivity index (χ3n) is 3.10. The van der Waals surface area contributed by atoms with Crippen LogP contribution in [0.4, 0.5) is 5.82 Å². The smallest absolute Gasteiger partial charge is 0.140 e. The fraction of sp³-hybridized carbons (Fsp3) is 0.583. The summed E-state index contributed by atoms with van der Waals surface area (Å²) < 4.78 is 0.953. The van der Waals surface area contributed by atoms with E-state index in [0.717, 1.165) is 41.5 Å². The second-order valence-corrected chi connectivity index (χ2v) is 5.48. The number of hydrogen-bond donors (Lipinski definition) is 2. The maximum Gasteiger partial charge on any atom is 0.140 e. The molecule has 0 amide bonds. The topological polar surface area (TPSA) is 45.2 Å². The average molecular weight is 285 g/mol. The van der Waals surface area contributed by atoms with Gasteiger partial charge in [-0.2, -0.15) is 0 Å². The van der Waals surface area contributed by atoms with Gasteiger partial charge in [0.05, 0.1) is 10.1 Å². The van der Waals surface area contributed by atoms with Crippen LogP contribution in [-0.2, 0) is 0 Å². The van der Waals surface area contributed by atoms with Crippen molar-refractivity contribution in [1.29, 1.82) is 0 Å². The molecule has 1 aromatic rings. The lowest BCUT2D eigenvalue weighted by molar-refractivity contribution is 0.0614. The number of rotatable bonds is 3. The summed E-state index contributed by atoms with van der Waals surface area (Å²) in [5, 5.41) is 13.4. The molecule has 3 nitrogen and oxygen atoms in total. The minimum Gasteiger partial charge on any atom is -0.388 e. The molecule has 1 saturated carbocycles. The van der Waals surface area contributed by atoms with Gasteiger partial charge < -0.3 is 10.4 Å². The second kappa shape index (κ2) is 4.72. The Morgan fingerprint density at radius 3 is 2.81 bits per heavy atom. The quantitative estimate of drug-likeness (QED) is 0.897. The predicted molar refractivity (Wildman–Crippen MR) is 68.6 cm³/mol. The molecule has 0 radical (unpaired) electrons. The van der Waals surface area contributed by atoms with Crippen LogP contribution in [-0.4, -0.2) is 22.2 Å². The van der Waals surface area contributed by atoms with Gasteiger partial charge in [-0.15, -0.1) is 0 Å². The van der Waals surface area contributed by atoms with Gasteiger partial charge in [0.15, 0.2) is 0 Å². The SMILES string of the molecule is Cc1cnc(NCC2(O)CCCC2)c(Br)c1. The molecule has 16 heavy (non-hydrogen) atoms. The molecule has 1 aliphatic rings. The van der Waals surface area contributed by atoms with Crippen LogP contribution in [0.3, 0.4) is 0 Å². The Kier molecular flexibility index (Phi) is 3.50. The first-order chi connectivity index (χ1) is 7.59. The van der Waals surface area contributed by atoms with E-state index < -0.39 is 5.60 Å². The molecule has 0 saturated heterocycles. The van der Waals surface area contributed by atoms with E-state index in [1.165, 1.54) is 0 Å². The zero-order valence-electron chi connectivity index (χ0n) is 9.46. The van der Waals surface area contributed by atoms with Crippen LogP contribution in [0, 0.1) is 6.92 Å². The Morgan fingerprint density at radius 1 is 1.50 bits per heavy atom. The number of anilines is 1. The van der Waals surface area contributed by atoms with Gasteiger partial charge in [0.25, 0.3) is 0 Å². The molecule has 2 rings (SSSR count). The van der Waals surface area contributed by atoms with Gasteiger partial charge in [-0.05, 0) is 47.3 Å².